The van der Waals surface area contributed by atoms with Gasteiger partial charge in [-0.25, -0.2) is 9.18 Å². The molecule has 1 saturated heterocycles. The number of hydrogen-bond acceptors (Lipinski definition) is 5. The van der Waals surface area contributed by atoms with Crippen LogP contribution in [-0.4, -0.2) is 27.6 Å². The lowest BCUT2D eigenvalue weighted by Gasteiger charge is -2.05. The molecule has 1 N–H and O–H groups in total. The third-order valence-corrected chi connectivity index (χ3v) is 3.45. The number of nitrogens with zero attached hydrogens (tertiary/aromatic N) is 3. The van der Waals surface area contributed by atoms with Gasteiger partial charge in [0, 0.05) is 47.7 Å². The normalized spacial score (nSPS) is 13.8. The Morgan fingerprint density at radius 1 is 1.00 bits per heavy atom. The number of nitrogens with one attached hydrogen (secondary N) is 1. The summed E-state index contributed by atoms with van der Waals surface area (Å²) < 4.78 is 17.7. The lowest BCUT2D eigenvalue weighted by Crippen LogP contribution is -2.12. The summed E-state index contributed by atoms with van der Waals surface area (Å²) in [5, 5.41) is 2.58. The third kappa shape index (κ3) is 7.12. The van der Waals surface area contributed by atoms with E-state index in [-0.39, 0.29) is 18.0 Å². The van der Waals surface area contributed by atoms with Crippen LogP contribution in [0.5, 0.6) is 0 Å². The highest BCUT2D eigenvalue weighted by atomic mass is 19.1. The molecule has 0 saturated carbocycles. The summed E-state index contributed by atoms with van der Waals surface area (Å²) in [7, 11) is 0. The van der Waals surface area contributed by atoms with Gasteiger partial charge in [0.25, 0.3) is 0 Å². The molecular formula is C22H17FN4O2. The smallest absolute Gasteiger partial charge is 0.407 e. The lowest BCUT2D eigenvalue weighted by atomic mass is 10.2. The van der Waals surface area contributed by atoms with E-state index < -0.39 is 0 Å². The Labute approximate surface area is 168 Å². The maximum Gasteiger partial charge on any atom is 0.407 e. The number of hydrogen-bond donors (Lipinski definition) is 1. The van der Waals surface area contributed by atoms with Crippen molar-refractivity contribution in [2.75, 3.05) is 6.54 Å². The minimum atomic E-state index is -0.381. The van der Waals surface area contributed by atoms with Gasteiger partial charge in [0.2, 0.25) is 0 Å². The average Bonchev–Trinajstić information content (AvgIpc) is 3.22. The molecule has 3 aromatic heterocycles. The van der Waals surface area contributed by atoms with Gasteiger partial charge in [-0.2, -0.15) is 0 Å². The van der Waals surface area contributed by atoms with Gasteiger partial charge in [-0.3, -0.25) is 15.0 Å². The van der Waals surface area contributed by atoms with Crippen molar-refractivity contribution in [3.63, 3.8) is 0 Å². The minimum Gasteiger partial charge on any atom is -0.439 e. The first-order chi connectivity index (χ1) is 14.2. The summed E-state index contributed by atoms with van der Waals surface area (Å²) in [5.41, 5.74) is 2.27. The second-order valence-corrected chi connectivity index (χ2v) is 5.44. The number of halogens is 1. The molecule has 3 aromatic rings. The van der Waals surface area contributed by atoms with Gasteiger partial charge in [-0.05, 0) is 24.3 Å². The van der Waals surface area contributed by atoms with E-state index in [1.807, 2.05) is 18.2 Å². The van der Waals surface area contributed by atoms with Crippen molar-refractivity contribution in [1.29, 1.82) is 0 Å². The molecule has 7 heteroatoms. The number of rotatable bonds is 1. The monoisotopic (exact) mass is 388 g/mol. The van der Waals surface area contributed by atoms with Crippen LogP contribution in [0.25, 0.3) is 0 Å². The second kappa shape index (κ2) is 11.5. The predicted octanol–water partition coefficient (Wildman–Crippen LogP) is 3.13. The topological polar surface area (TPSA) is 77.0 Å². The Morgan fingerprint density at radius 2 is 1.69 bits per heavy atom. The lowest BCUT2D eigenvalue weighted by molar-refractivity contribution is 0.141. The maximum absolute atomic E-state index is 12.8. The van der Waals surface area contributed by atoms with E-state index >= 15 is 0 Å². The summed E-state index contributed by atoms with van der Waals surface area (Å²) in [6.45, 7) is 0.532. The molecule has 0 unspecified atom stereocenters. The average molecular weight is 388 g/mol. The van der Waals surface area contributed by atoms with Gasteiger partial charge >= 0.3 is 6.09 Å². The van der Waals surface area contributed by atoms with Crippen molar-refractivity contribution >= 4 is 6.09 Å². The van der Waals surface area contributed by atoms with Gasteiger partial charge in [-0.1, -0.05) is 17.9 Å². The van der Waals surface area contributed by atoms with Crippen molar-refractivity contribution < 1.29 is 13.9 Å². The van der Waals surface area contributed by atoms with E-state index in [1.165, 1.54) is 12.3 Å². The van der Waals surface area contributed by atoms with Gasteiger partial charge in [0.1, 0.15) is 11.9 Å². The standard InChI is InChI=1S/C12H7FN2.C8H8N2O2.C2H2/c13-12-6-11(8-15-9-12)4-3-10-2-1-5-14-7-10;11-8-10-5-7(12-8)6-2-1-3-9-4-6;1-2/h1-2,5-9H;1-4,7H,5H2,(H,10,11);1-2H/t;7-;/m.1./s1. The molecular weight excluding hydrogens is 371 g/mol. The zero-order valence-electron chi connectivity index (χ0n) is 15.3. The predicted molar refractivity (Wildman–Crippen MR) is 106 cm³/mol. The van der Waals surface area contributed by atoms with Crippen molar-refractivity contribution in [3.8, 4) is 24.7 Å². The van der Waals surface area contributed by atoms with Crippen molar-refractivity contribution in [3.05, 3.63) is 90.0 Å². The molecule has 0 spiro atoms. The fraction of sp³-hybridized carbons (Fsp3) is 0.0909. The van der Waals surface area contributed by atoms with Crippen LogP contribution in [0.15, 0.2) is 67.5 Å². The number of ether oxygens (including phenoxy) is 1. The fourth-order valence-corrected chi connectivity index (χ4v) is 2.20. The van der Waals surface area contributed by atoms with Crippen LogP contribution in [0, 0.1) is 30.5 Å². The molecule has 4 heterocycles. The molecule has 29 heavy (non-hydrogen) atoms. The zero-order chi connectivity index (χ0) is 20.9. The number of carbonyl (C=O) groups excluding carboxylic acids is 1. The summed E-state index contributed by atoms with van der Waals surface area (Å²) in [6.07, 6.45) is 16.9. The Hall–Kier alpha value is -4.23. The number of carbonyl (C=O) groups is 1. The summed E-state index contributed by atoms with van der Waals surface area (Å²) >= 11 is 0. The molecule has 0 aliphatic carbocycles. The van der Waals surface area contributed by atoms with Crippen LogP contribution in [0.4, 0.5) is 9.18 Å². The Kier molecular flexibility index (Phi) is 8.34. The third-order valence-electron chi connectivity index (χ3n) is 3.45. The highest BCUT2D eigenvalue weighted by Gasteiger charge is 2.23. The largest absolute Gasteiger partial charge is 0.439 e. The molecule has 1 fully saturated rings. The molecule has 1 aliphatic heterocycles. The first kappa shape index (κ1) is 21.1. The van der Waals surface area contributed by atoms with E-state index in [9.17, 15) is 9.18 Å². The molecule has 1 amide bonds. The van der Waals surface area contributed by atoms with Crippen LogP contribution in [-0.2, 0) is 4.74 Å². The second-order valence-electron chi connectivity index (χ2n) is 5.44. The summed E-state index contributed by atoms with van der Waals surface area (Å²) in [4.78, 5) is 22.2. The number of aromatic nitrogens is 3. The summed E-state index contributed by atoms with van der Waals surface area (Å²) in [6, 6.07) is 8.69. The van der Waals surface area contributed by atoms with Crippen LogP contribution < -0.4 is 5.32 Å². The van der Waals surface area contributed by atoms with E-state index in [0.29, 0.717) is 12.1 Å². The van der Waals surface area contributed by atoms with Crippen molar-refractivity contribution in [2.24, 2.45) is 0 Å². The van der Waals surface area contributed by atoms with E-state index in [1.54, 1.807) is 30.9 Å². The van der Waals surface area contributed by atoms with Gasteiger partial charge in [-0.15, -0.1) is 12.8 Å². The molecule has 0 aromatic carbocycles. The van der Waals surface area contributed by atoms with Gasteiger partial charge < -0.3 is 10.1 Å². The quantitative estimate of drug-likeness (QED) is 0.648. The van der Waals surface area contributed by atoms with Gasteiger partial charge in [0.05, 0.1) is 12.7 Å². The highest BCUT2D eigenvalue weighted by molar-refractivity contribution is 5.69. The molecule has 144 valence electrons. The SMILES string of the molecule is C#C.Fc1cncc(C#Cc2cccnc2)c1.O=C1NC[C@H](c2cccnc2)O1. The Bertz CT molecular complexity index is 999. The van der Waals surface area contributed by atoms with Crippen LogP contribution in [0.3, 0.4) is 0 Å². The number of pyridine rings is 3. The highest BCUT2D eigenvalue weighted by Crippen LogP contribution is 2.18. The van der Waals surface area contributed by atoms with Crippen LogP contribution in [0.2, 0.25) is 0 Å². The van der Waals surface area contributed by atoms with E-state index in [0.717, 1.165) is 17.3 Å². The molecule has 0 bridgehead atoms. The van der Waals surface area contributed by atoms with E-state index in [4.69, 9.17) is 4.74 Å². The van der Waals surface area contributed by atoms with E-state index in [2.05, 4.69) is 45.0 Å². The fourth-order valence-electron chi connectivity index (χ4n) is 2.20. The molecule has 1 aliphatic rings. The molecule has 1 atom stereocenters. The molecule has 6 nitrogen and oxygen atoms in total. The minimum absolute atomic E-state index is 0.175. The first-order valence-corrected chi connectivity index (χ1v) is 8.41. The van der Waals surface area contributed by atoms with Crippen molar-refractivity contribution in [1.82, 2.24) is 20.3 Å². The first-order valence-electron chi connectivity index (χ1n) is 8.41. The van der Waals surface area contributed by atoms with Crippen LogP contribution in [0.1, 0.15) is 22.8 Å². The molecule has 4 rings (SSSR count). The summed E-state index contributed by atoms with van der Waals surface area (Å²) in [5.74, 6) is 5.30. The number of cyclic esters (lactones) is 1. The number of amides is 1. The number of terminal acetylenes is 1. The van der Waals surface area contributed by atoms with Gasteiger partial charge in [0.15, 0.2) is 0 Å². The number of alkyl carbamates (subject to hydrolysis) is 1. The zero-order valence-corrected chi connectivity index (χ0v) is 15.3. The van der Waals surface area contributed by atoms with Crippen LogP contribution >= 0.6 is 0 Å². The Balaban J connectivity index is 0.000000194. The Morgan fingerprint density at radius 3 is 2.28 bits per heavy atom. The molecule has 0 radical (unpaired) electrons. The van der Waals surface area contributed by atoms with Crippen molar-refractivity contribution in [2.45, 2.75) is 6.10 Å². The maximum atomic E-state index is 12.8.